The van der Waals surface area contributed by atoms with E-state index in [1.165, 1.54) is 12.7 Å². The zero-order valence-corrected chi connectivity index (χ0v) is 9.38. The topological polar surface area (TPSA) is 37.8 Å². The molecule has 0 radical (unpaired) electrons. The van der Waals surface area contributed by atoms with Gasteiger partial charge in [0.25, 0.3) is 0 Å². The van der Waals surface area contributed by atoms with Gasteiger partial charge in [-0.05, 0) is 18.8 Å². The van der Waals surface area contributed by atoms with Gasteiger partial charge in [0.15, 0.2) is 0 Å². The summed E-state index contributed by atoms with van der Waals surface area (Å²) in [6.45, 7) is 5.35. The average Bonchev–Trinajstić information content (AvgIpc) is 2.15. The first-order valence-corrected chi connectivity index (χ1v) is 5.27. The third kappa shape index (κ3) is 3.92. The molecule has 1 aromatic heterocycles. The number of rotatable bonds is 5. The van der Waals surface area contributed by atoms with Crippen LogP contribution in [0.15, 0.2) is 12.5 Å². The first-order chi connectivity index (χ1) is 6.70. The quantitative estimate of drug-likeness (QED) is 0.765. The van der Waals surface area contributed by atoms with Crippen LogP contribution in [0.25, 0.3) is 0 Å². The second-order valence-electron chi connectivity index (χ2n) is 3.68. The largest absolute Gasteiger partial charge is 0.369 e. The summed E-state index contributed by atoms with van der Waals surface area (Å²) in [6, 6.07) is 0. The molecular formula is C10H16ClN3. The summed E-state index contributed by atoms with van der Waals surface area (Å²) in [5.41, 5.74) is 0. The van der Waals surface area contributed by atoms with Crippen molar-refractivity contribution in [2.24, 2.45) is 5.92 Å². The summed E-state index contributed by atoms with van der Waals surface area (Å²) in [5, 5.41) is 3.77. The molecule has 78 valence electrons. The minimum absolute atomic E-state index is 0.581. The maximum Gasteiger partial charge on any atom is 0.148 e. The van der Waals surface area contributed by atoms with Crippen molar-refractivity contribution in [2.45, 2.75) is 26.7 Å². The second kappa shape index (κ2) is 5.81. The van der Waals surface area contributed by atoms with E-state index in [1.54, 1.807) is 6.20 Å². The molecule has 0 bridgehead atoms. The van der Waals surface area contributed by atoms with Crippen molar-refractivity contribution in [1.82, 2.24) is 9.97 Å². The van der Waals surface area contributed by atoms with Crippen molar-refractivity contribution in [1.29, 1.82) is 0 Å². The van der Waals surface area contributed by atoms with Gasteiger partial charge in [-0.3, -0.25) is 0 Å². The van der Waals surface area contributed by atoms with E-state index >= 15 is 0 Å². The van der Waals surface area contributed by atoms with Crippen LogP contribution in [-0.2, 0) is 0 Å². The lowest BCUT2D eigenvalue weighted by atomic mass is 10.1. The standard InChI is InChI=1S/C10H16ClN3/c1-8(2)4-3-5-13-10-9(11)6-12-7-14-10/h6-8H,3-5H2,1-2H3,(H,12,13,14). The Hall–Kier alpha value is -0.830. The molecule has 1 rings (SSSR count). The number of nitrogens with one attached hydrogen (secondary N) is 1. The van der Waals surface area contributed by atoms with Crippen LogP contribution in [0.3, 0.4) is 0 Å². The predicted molar refractivity (Wildman–Crippen MR) is 59.6 cm³/mol. The molecule has 0 atom stereocenters. The fourth-order valence-corrected chi connectivity index (χ4v) is 1.33. The van der Waals surface area contributed by atoms with Crippen molar-refractivity contribution < 1.29 is 0 Å². The molecule has 0 aromatic carbocycles. The smallest absolute Gasteiger partial charge is 0.148 e. The van der Waals surface area contributed by atoms with Crippen LogP contribution >= 0.6 is 11.6 Å². The van der Waals surface area contributed by atoms with Crippen LogP contribution in [-0.4, -0.2) is 16.5 Å². The number of aromatic nitrogens is 2. The van der Waals surface area contributed by atoms with E-state index in [9.17, 15) is 0 Å². The lowest BCUT2D eigenvalue weighted by Crippen LogP contribution is -2.05. The fraction of sp³-hybridized carbons (Fsp3) is 0.600. The van der Waals surface area contributed by atoms with Gasteiger partial charge in [-0.1, -0.05) is 25.4 Å². The summed E-state index contributed by atoms with van der Waals surface area (Å²) < 4.78 is 0. The lowest BCUT2D eigenvalue weighted by molar-refractivity contribution is 0.566. The van der Waals surface area contributed by atoms with Gasteiger partial charge < -0.3 is 5.32 Å². The molecule has 1 heterocycles. The SMILES string of the molecule is CC(C)CCCNc1ncncc1Cl. The Morgan fingerprint density at radius 3 is 2.93 bits per heavy atom. The maximum atomic E-state index is 5.88. The van der Waals surface area contributed by atoms with Crippen molar-refractivity contribution >= 4 is 17.4 Å². The second-order valence-corrected chi connectivity index (χ2v) is 4.09. The summed E-state index contributed by atoms with van der Waals surface area (Å²) in [4.78, 5) is 7.86. The van der Waals surface area contributed by atoms with E-state index in [0.717, 1.165) is 24.7 Å². The van der Waals surface area contributed by atoms with Gasteiger partial charge in [0.1, 0.15) is 17.2 Å². The van der Waals surface area contributed by atoms with E-state index < -0.39 is 0 Å². The summed E-state index contributed by atoms with van der Waals surface area (Å²) in [5.74, 6) is 1.48. The maximum absolute atomic E-state index is 5.88. The molecule has 14 heavy (non-hydrogen) atoms. The summed E-state index contributed by atoms with van der Waals surface area (Å²) in [6.07, 6.45) is 5.45. The van der Waals surface area contributed by atoms with E-state index in [2.05, 4.69) is 29.1 Å². The third-order valence-corrected chi connectivity index (χ3v) is 2.19. The normalized spacial score (nSPS) is 10.6. The van der Waals surface area contributed by atoms with Gasteiger partial charge in [-0.25, -0.2) is 9.97 Å². The molecule has 3 nitrogen and oxygen atoms in total. The Bertz CT molecular complexity index is 276. The zero-order valence-electron chi connectivity index (χ0n) is 8.63. The molecule has 0 aliphatic rings. The molecule has 1 aromatic rings. The number of hydrogen-bond donors (Lipinski definition) is 1. The minimum atomic E-state index is 0.581. The zero-order chi connectivity index (χ0) is 10.4. The van der Waals surface area contributed by atoms with Crippen LogP contribution in [0.5, 0.6) is 0 Å². The van der Waals surface area contributed by atoms with Gasteiger partial charge in [-0.15, -0.1) is 0 Å². The van der Waals surface area contributed by atoms with Gasteiger partial charge in [0.2, 0.25) is 0 Å². The number of hydrogen-bond acceptors (Lipinski definition) is 3. The summed E-state index contributed by atoms with van der Waals surface area (Å²) >= 11 is 5.88. The highest BCUT2D eigenvalue weighted by Crippen LogP contribution is 2.16. The Morgan fingerprint density at radius 2 is 2.29 bits per heavy atom. The van der Waals surface area contributed by atoms with Crippen molar-refractivity contribution in [3.8, 4) is 0 Å². The van der Waals surface area contributed by atoms with Gasteiger partial charge in [-0.2, -0.15) is 0 Å². The van der Waals surface area contributed by atoms with E-state index in [0.29, 0.717) is 5.02 Å². The number of nitrogens with zero attached hydrogens (tertiary/aromatic N) is 2. The lowest BCUT2D eigenvalue weighted by Gasteiger charge is -2.07. The molecule has 4 heteroatoms. The molecule has 0 spiro atoms. The Balaban J connectivity index is 2.28. The first-order valence-electron chi connectivity index (χ1n) is 4.89. The van der Waals surface area contributed by atoms with Gasteiger partial charge in [0, 0.05) is 6.54 Å². The van der Waals surface area contributed by atoms with Gasteiger partial charge >= 0.3 is 0 Å². The molecular weight excluding hydrogens is 198 g/mol. The van der Waals surface area contributed by atoms with Crippen LogP contribution in [0.2, 0.25) is 5.02 Å². The van der Waals surface area contributed by atoms with Crippen LogP contribution in [0, 0.1) is 5.92 Å². The Morgan fingerprint density at radius 1 is 1.50 bits per heavy atom. The molecule has 0 aliphatic heterocycles. The third-order valence-electron chi connectivity index (χ3n) is 1.92. The van der Waals surface area contributed by atoms with Crippen molar-refractivity contribution in [3.63, 3.8) is 0 Å². The molecule has 0 saturated carbocycles. The van der Waals surface area contributed by atoms with E-state index in [-0.39, 0.29) is 0 Å². The Kier molecular flexibility index (Phi) is 4.66. The highest BCUT2D eigenvalue weighted by atomic mass is 35.5. The summed E-state index contributed by atoms with van der Waals surface area (Å²) in [7, 11) is 0. The van der Waals surface area contributed by atoms with Crippen LogP contribution in [0.1, 0.15) is 26.7 Å². The van der Waals surface area contributed by atoms with Crippen molar-refractivity contribution in [3.05, 3.63) is 17.5 Å². The molecule has 0 aliphatic carbocycles. The first kappa shape index (κ1) is 11.2. The number of halogens is 1. The highest BCUT2D eigenvalue weighted by molar-refractivity contribution is 6.32. The molecule has 0 fully saturated rings. The van der Waals surface area contributed by atoms with Gasteiger partial charge in [0.05, 0.1) is 6.20 Å². The Labute approximate surface area is 89.9 Å². The molecule has 0 amide bonds. The molecule has 1 N–H and O–H groups in total. The predicted octanol–water partition coefficient (Wildman–Crippen LogP) is 2.98. The molecule has 0 saturated heterocycles. The number of anilines is 1. The van der Waals surface area contributed by atoms with Crippen LogP contribution in [0.4, 0.5) is 5.82 Å². The monoisotopic (exact) mass is 213 g/mol. The fourth-order valence-electron chi connectivity index (χ4n) is 1.16. The van der Waals surface area contributed by atoms with E-state index in [1.807, 2.05) is 0 Å². The average molecular weight is 214 g/mol. The van der Waals surface area contributed by atoms with E-state index in [4.69, 9.17) is 11.6 Å². The molecule has 0 unspecified atom stereocenters. The minimum Gasteiger partial charge on any atom is -0.369 e. The highest BCUT2D eigenvalue weighted by Gasteiger charge is 1.99. The van der Waals surface area contributed by atoms with Crippen molar-refractivity contribution in [2.75, 3.05) is 11.9 Å². The van der Waals surface area contributed by atoms with Crippen LogP contribution < -0.4 is 5.32 Å².